The summed E-state index contributed by atoms with van der Waals surface area (Å²) < 4.78 is 66.4. The van der Waals surface area contributed by atoms with Crippen molar-refractivity contribution in [1.82, 2.24) is 0 Å². The molecule has 0 heterocycles. The first-order chi connectivity index (χ1) is 9.69. The van der Waals surface area contributed by atoms with Crippen LogP contribution in [0, 0.1) is 0 Å². The van der Waals surface area contributed by atoms with E-state index in [2.05, 4.69) is 4.74 Å². The Morgan fingerprint density at radius 2 is 1.47 bits per heavy atom. The van der Waals surface area contributed by atoms with E-state index in [0.717, 1.165) is 0 Å². The highest BCUT2D eigenvalue weighted by atomic mass is 16.6. The van der Waals surface area contributed by atoms with Gasteiger partial charge in [-0.15, -0.1) is 0 Å². The molecule has 0 amide bonds. The Morgan fingerprint density at radius 3 is 2.07 bits per heavy atom. The van der Waals surface area contributed by atoms with Crippen LogP contribution in [0.15, 0.2) is 0 Å². The first-order valence-electron chi connectivity index (χ1n) is 7.65. The molecule has 15 heavy (non-hydrogen) atoms. The summed E-state index contributed by atoms with van der Waals surface area (Å²) in [6, 6.07) is 0. The molecule has 0 aromatic carbocycles. The van der Waals surface area contributed by atoms with Crippen molar-refractivity contribution in [2.75, 3.05) is 66.9 Å². The summed E-state index contributed by atoms with van der Waals surface area (Å²) >= 11 is 0. The van der Waals surface area contributed by atoms with Crippen molar-refractivity contribution in [3.8, 4) is 0 Å². The fourth-order valence-electron chi connectivity index (χ4n) is 0.688. The summed E-state index contributed by atoms with van der Waals surface area (Å²) in [6.07, 6.45) is 0. The Morgan fingerprint density at radius 1 is 0.867 bits per heavy atom. The van der Waals surface area contributed by atoms with E-state index >= 15 is 0 Å². The quantitative estimate of drug-likeness (QED) is 0.450. The predicted molar refractivity (Wildman–Crippen MR) is 56.2 cm³/mol. The lowest BCUT2D eigenvalue weighted by Crippen LogP contribution is -2.12. The van der Waals surface area contributed by atoms with E-state index in [1.54, 1.807) is 7.11 Å². The third-order valence-corrected chi connectivity index (χ3v) is 1.34. The molecule has 0 radical (unpaired) electrons. The van der Waals surface area contributed by atoms with Crippen molar-refractivity contribution in [3.05, 3.63) is 0 Å². The Labute approximate surface area is 100 Å². The highest BCUT2D eigenvalue weighted by molar-refractivity contribution is 4.34. The Kier molecular flexibility index (Phi) is 6.61. The van der Waals surface area contributed by atoms with Crippen LogP contribution >= 0.6 is 0 Å². The standard InChI is InChI=1S/C10H22O5/c1-11-3-5-13-7-9-15-10-8-14-6-4-12-2/h3-10H2,1-2H3/i1D3,3D2,5D. The second-order valence-corrected chi connectivity index (χ2v) is 2.43. The zero-order valence-electron chi connectivity index (χ0n) is 14.9. The van der Waals surface area contributed by atoms with Crippen molar-refractivity contribution >= 4 is 0 Å². The van der Waals surface area contributed by atoms with Crippen molar-refractivity contribution < 1.29 is 31.9 Å². The molecule has 0 fully saturated rings. The monoisotopic (exact) mass is 228 g/mol. The van der Waals surface area contributed by atoms with Crippen LogP contribution in [0.25, 0.3) is 0 Å². The maximum absolute atomic E-state index is 7.38. The molecule has 0 aromatic rings. The topological polar surface area (TPSA) is 46.2 Å². The van der Waals surface area contributed by atoms with E-state index in [4.69, 9.17) is 27.2 Å². The molecule has 5 nitrogen and oxygen atoms in total. The molecule has 0 bridgehead atoms. The fraction of sp³-hybridized carbons (Fsp3) is 1.00. The number of hydrogen-bond donors (Lipinski definition) is 0. The molecular weight excluding hydrogens is 200 g/mol. The SMILES string of the molecule is [2H]C(OCCOCCOCCOC)C([2H])([2H])OC([2H])([2H])[2H]. The molecule has 0 saturated carbocycles. The van der Waals surface area contributed by atoms with Crippen LogP contribution in [0.5, 0.6) is 0 Å². The number of ether oxygens (including phenoxy) is 5. The van der Waals surface area contributed by atoms with E-state index in [1.807, 2.05) is 0 Å². The minimum absolute atomic E-state index is 0.0594. The summed E-state index contributed by atoms with van der Waals surface area (Å²) in [6.45, 7) is -2.75. The summed E-state index contributed by atoms with van der Waals surface area (Å²) in [5, 5.41) is 0. The molecule has 1 unspecified atom stereocenters. The molecule has 0 rings (SSSR count). The summed E-state index contributed by atoms with van der Waals surface area (Å²) in [4.78, 5) is 0. The van der Waals surface area contributed by atoms with E-state index in [-0.39, 0.29) is 13.2 Å². The lowest BCUT2D eigenvalue weighted by atomic mass is 10.7. The Hall–Kier alpha value is -0.200. The molecule has 0 aliphatic rings. The third kappa shape index (κ3) is 13.8. The minimum atomic E-state index is -2.93. The van der Waals surface area contributed by atoms with Gasteiger partial charge in [0, 0.05) is 14.1 Å². The largest absolute Gasteiger partial charge is 0.382 e. The Balaban J connectivity index is 3.63. The maximum Gasteiger partial charge on any atom is 0.0701 e. The van der Waals surface area contributed by atoms with Gasteiger partial charge in [0.25, 0.3) is 0 Å². The Bertz CT molecular complexity index is 263. The van der Waals surface area contributed by atoms with Gasteiger partial charge in [-0.3, -0.25) is 0 Å². The molecule has 0 spiro atoms. The fourth-order valence-corrected chi connectivity index (χ4v) is 0.688. The zero-order chi connectivity index (χ0) is 16.4. The highest BCUT2D eigenvalue weighted by Gasteiger charge is 1.91. The maximum atomic E-state index is 7.38. The highest BCUT2D eigenvalue weighted by Crippen LogP contribution is 1.81. The first kappa shape index (κ1) is 7.19. The molecule has 0 N–H and O–H groups in total. The van der Waals surface area contributed by atoms with Gasteiger partial charge >= 0.3 is 0 Å². The van der Waals surface area contributed by atoms with Crippen molar-refractivity contribution in [1.29, 1.82) is 0 Å². The van der Waals surface area contributed by atoms with Gasteiger partial charge < -0.3 is 23.7 Å². The summed E-state index contributed by atoms with van der Waals surface area (Å²) in [5.74, 6) is 0. The number of hydrogen-bond acceptors (Lipinski definition) is 5. The van der Waals surface area contributed by atoms with Gasteiger partial charge in [0.15, 0.2) is 0 Å². The second kappa shape index (κ2) is 13.8. The van der Waals surface area contributed by atoms with Crippen LogP contribution < -0.4 is 0 Å². The lowest BCUT2D eigenvalue weighted by Gasteiger charge is -2.06. The third-order valence-electron chi connectivity index (χ3n) is 1.34. The van der Waals surface area contributed by atoms with Crippen LogP contribution in [0.3, 0.4) is 0 Å². The first-order valence-corrected chi connectivity index (χ1v) is 4.57. The van der Waals surface area contributed by atoms with E-state index in [9.17, 15) is 0 Å². The predicted octanol–water partition coefficient (Wildman–Crippen LogP) is 0.329. The van der Waals surface area contributed by atoms with E-state index in [1.165, 1.54) is 0 Å². The number of rotatable bonds is 12. The molecule has 0 aliphatic heterocycles. The smallest absolute Gasteiger partial charge is 0.0701 e. The van der Waals surface area contributed by atoms with E-state index < -0.39 is 20.2 Å². The summed E-state index contributed by atoms with van der Waals surface area (Å²) in [5.41, 5.74) is 0. The van der Waals surface area contributed by atoms with Crippen LogP contribution in [0.1, 0.15) is 8.22 Å². The average Bonchev–Trinajstić information content (AvgIpc) is 2.33. The van der Waals surface area contributed by atoms with Gasteiger partial charge in [-0.1, -0.05) is 0 Å². The second-order valence-electron chi connectivity index (χ2n) is 2.43. The summed E-state index contributed by atoms with van der Waals surface area (Å²) in [7, 11) is -1.36. The average molecular weight is 228 g/mol. The van der Waals surface area contributed by atoms with Crippen LogP contribution in [0.4, 0.5) is 0 Å². The zero-order valence-corrected chi connectivity index (χ0v) is 8.86. The molecular formula is C10H22O5. The number of methoxy groups -OCH3 is 2. The van der Waals surface area contributed by atoms with Crippen LogP contribution in [0.2, 0.25) is 0 Å². The van der Waals surface area contributed by atoms with Crippen molar-refractivity contribution in [3.63, 3.8) is 0 Å². The van der Waals surface area contributed by atoms with Crippen molar-refractivity contribution in [2.24, 2.45) is 0 Å². The molecule has 0 saturated heterocycles. The molecule has 5 heteroatoms. The minimum Gasteiger partial charge on any atom is -0.382 e. The van der Waals surface area contributed by atoms with Crippen LogP contribution in [-0.4, -0.2) is 66.9 Å². The molecule has 0 aromatic heterocycles. The molecule has 1 atom stereocenters. The van der Waals surface area contributed by atoms with Gasteiger partial charge in [-0.2, -0.15) is 0 Å². The van der Waals surface area contributed by atoms with Gasteiger partial charge in [0.05, 0.1) is 61.0 Å². The van der Waals surface area contributed by atoms with Crippen LogP contribution in [-0.2, 0) is 23.7 Å². The van der Waals surface area contributed by atoms with Gasteiger partial charge in [-0.25, -0.2) is 0 Å². The van der Waals surface area contributed by atoms with E-state index in [0.29, 0.717) is 26.4 Å². The van der Waals surface area contributed by atoms with Crippen molar-refractivity contribution in [2.45, 2.75) is 0 Å². The van der Waals surface area contributed by atoms with Gasteiger partial charge in [0.1, 0.15) is 0 Å². The van der Waals surface area contributed by atoms with Gasteiger partial charge in [0.2, 0.25) is 0 Å². The lowest BCUT2D eigenvalue weighted by molar-refractivity contribution is -0.00380. The molecule has 92 valence electrons. The van der Waals surface area contributed by atoms with Gasteiger partial charge in [-0.05, 0) is 0 Å². The molecule has 0 aliphatic carbocycles. The normalized spacial score (nSPS) is 20.6.